The van der Waals surface area contributed by atoms with E-state index in [0.29, 0.717) is 24.7 Å². The molecule has 6 heteroatoms. The average molecular weight is 297 g/mol. The van der Waals surface area contributed by atoms with Crippen molar-refractivity contribution >= 4 is 11.7 Å². The Kier molecular flexibility index (Phi) is 7.39. The minimum atomic E-state index is -0.507. The van der Waals surface area contributed by atoms with Crippen LogP contribution in [-0.4, -0.2) is 40.0 Å². The van der Waals surface area contributed by atoms with E-state index >= 15 is 0 Å². The van der Waals surface area contributed by atoms with Crippen molar-refractivity contribution in [1.29, 1.82) is 0 Å². The van der Waals surface area contributed by atoms with Crippen LogP contribution >= 0.6 is 0 Å². The molecule has 2 N–H and O–H groups in total. The number of anilines is 1. The Morgan fingerprint density at radius 2 is 1.76 bits per heavy atom. The lowest BCUT2D eigenvalue weighted by Crippen LogP contribution is -2.13. The van der Waals surface area contributed by atoms with Crippen LogP contribution < -0.4 is 15.2 Å². The van der Waals surface area contributed by atoms with Crippen molar-refractivity contribution in [3.05, 3.63) is 17.7 Å². The first-order chi connectivity index (χ1) is 10.1. The number of nitrogen functional groups attached to an aromatic ring is 1. The SMILES string of the molecule is CCCCOCCOC(=O)c1cc(OC)c(OC)cc1N. The highest BCUT2D eigenvalue weighted by molar-refractivity contribution is 5.96. The largest absolute Gasteiger partial charge is 0.493 e. The number of rotatable bonds is 9. The van der Waals surface area contributed by atoms with Gasteiger partial charge < -0.3 is 24.7 Å². The van der Waals surface area contributed by atoms with Crippen LogP contribution in [0.5, 0.6) is 11.5 Å². The van der Waals surface area contributed by atoms with E-state index in [0.717, 1.165) is 12.8 Å². The summed E-state index contributed by atoms with van der Waals surface area (Å²) >= 11 is 0. The van der Waals surface area contributed by atoms with Crippen LogP contribution in [0.3, 0.4) is 0 Å². The predicted molar refractivity (Wildman–Crippen MR) is 80.0 cm³/mol. The summed E-state index contributed by atoms with van der Waals surface area (Å²) < 4.78 is 20.7. The van der Waals surface area contributed by atoms with Crippen LogP contribution in [0.25, 0.3) is 0 Å². The van der Waals surface area contributed by atoms with Gasteiger partial charge in [0.1, 0.15) is 6.61 Å². The van der Waals surface area contributed by atoms with Crippen molar-refractivity contribution < 1.29 is 23.7 Å². The minimum Gasteiger partial charge on any atom is -0.493 e. The first kappa shape index (κ1) is 17.1. The number of carbonyl (C=O) groups is 1. The number of benzene rings is 1. The van der Waals surface area contributed by atoms with Crippen molar-refractivity contribution in [2.45, 2.75) is 19.8 Å². The third-order valence-electron chi connectivity index (χ3n) is 2.88. The summed E-state index contributed by atoms with van der Waals surface area (Å²) in [6.07, 6.45) is 2.07. The molecule has 0 saturated heterocycles. The lowest BCUT2D eigenvalue weighted by molar-refractivity contribution is 0.0314. The third kappa shape index (κ3) is 5.15. The molecule has 1 aromatic carbocycles. The highest BCUT2D eigenvalue weighted by Crippen LogP contribution is 2.32. The number of esters is 1. The smallest absolute Gasteiger partial charge is 0.340 e. The van der Waals surface area contributed by atoms with Crippen LogP contribution in [0.4, 0.5) is 5.69 Å². The number of unbranched alkanes of at least 4 members (excludes halogenated alkanes) is 1. The van der Waals surface area contributed by atoms with Crippen molar-refractivity contribution in [1.82, 2.24) is 0 Å². The Balaban J connectivity index is 2.57. The van der Waals surface area contributed by atoms with Crippen LogP contribution in [0.2, 0.25) is 0 Å². The molecule has 0 atom stereocenters. The van der Waals surface area contributed by atoms with E-state index in [1.807, 2.05) is 0 Å². The van der Waals surface area contributed by atoms with Gasteiger partial charge in [-0.15, -0.1) is 0 Å². The summed E-state index contributed by atoms with van der Waals surface area (Å²) in [6, 6.07) is 3.04. The molecule has 0 aliphatic carbocycles. The topological polar surface area (TPSA) is 80.0 Å². The Morgan fingerprint density at radius 3 is 2.38 bits per heavy atom. The Hall–Kier alpha value is -1.95. The number of nitrogens with two attached hydrogens (primary N) is 1. The molecule has 0 fully saturated rings. The van der Waals surface area contributed by atoms with Gasteiger partial charge in [-0.2, -0.15) is 0 Å². The number of methoxy groups -OCH3 is 2. The Labute approximate surface area is 125 Å². The summed E-state index contributed by atoms with van der Waals surface area (Å²) in [7, 11) is 2.99. The molecular weight excluding hydrogens is 274 g/mol. The molecule has 0 heterocycles. The summed E-state index contributed by atoms with van der Waals surface area (Å²) in [4.78, 5) is 12.0. The number of hydrogen-bond acceptors (Lipinski definition) is 6. The van der Waals surface area contributed by atoms with E-state index in [9.17, 15) is 4.79 Å². The van der Waals surface area contributed by atoms with E-state index in [2.05, 4.69) is 6.92 Å². The zero-order valence-corrected chi connectivity index (χ0v) is 12.8. The molecule has 6 nitrogen and oxygen atoms in total. The molecule has 1 aromatic rings. The number of carbonyl (C=O) groups excluding carboxylic acids is 1. The van der Waals surface area contributed by atoms with E-state index in [1.165, 1.54) is 26.4 Å². The zero-order valence-electron chi connectivity index (χ0n) is 12.8. The van der Waals surface area contributed by atoms with Gasteiger partial charge in [-0.1, -0.05) is 13.3 Å². The highest BCUT2D eigenvalue weighted by Gasteiger charge is 2.16. The van der Waals surface area contributed by atoms with Crippen molar-refractivity contribution in [3.8, 4) is 11.5 Å². The summed E-state index contributed by atoms with van der Waals surface area (Å²) in [5.41, 5.74) is 6.36. The molecule has 0 aliphatic heterocycles. The van der Waals surface area contributed by atoms with Gasteiger partial charge in [0.25, 0.3) is 0 Å². The van der Waals surface area contributed by atoms with Gasteiger partial charge in [-0.05, 0) is 6.42 Å². The quantitative estimate of drug-likeness (QED) is 0.428. The van der Waals surface area contributed by atoms with Crippen LogP contribution in [0.1, 0.15) is 30.1 Å². The first-order valence-electron chi connectivity index (χ1n) is 6.90. The second-order valence-corrected chi connectivity index (χ2v) is 4.40. The van der Waals surface area contributed by atoms with Crippen molar-refractivity contribution in [3.63, 3.8) is 0 Å². The molecular formula is C15H23NO5. The van der Waals surface area contributed by atoms with Gasteiger partial charge in [0.2, 0.25) is 0 Å². The molecule has 0 unspecified atom stereocenters. The van der Waals surface area contributed by atoms with Crippen LogP contribution in [0, 0.1) is 0 Å². The molecule has 0 amide bonds. The van der Waals surface area contributed by atoms with E-state index in [4.69, 9.17) is 24.7 Å². The lowest BCUT2D eigenvalue weighted by atomic mass is 10.1. The van der Waals surface area contributed by atoms with E-state index in [-0.39, 0.29) is 17.9 Å². The van der Waals surface area contributed by atoms with Gasteiger partial charge in [-0.25, -0.2) is 4.79 Å². The molecule has 0 spiro atoms. The van der Waals surface area contributed by atoms with Crippen molar-refractivity contribution in [2.24, 2.45) is 0 Å². The maximum atomic E-state index is 12.0. The number of ether oxygens (including phenoxy) is 4. The molecule has 0 aromatic heterocycles. The molecule has 21 heavy (non-hydrogen) atoms. The maximum absolute atomic E-state index is 12.0. The third-order valence-corrected chi connectivity index (χ3v) is 2.88. The standard InChI is InChI=1S/C15H23NO5/c1-4-5-6-20-7-8-21-15(17)11-9-13(18-2)14(19-3)10-12(11)16/h9-10H,4-8,16H2,1-3H3. The van der Waals surface area contributed by atoms with Gasteiger partial charge in [0.15, 0.2) is 11.5 Å². The lowest BCUT2D eigenvalue weighted by Gasteiger charge is -2.12. The summed E-state index contributed by atoms with van der Waals surface area (Å²) in [6.45, 7) is 3.32. The van der Waals surface area contributed by atoms with Crippen LogP contribution in [-0.2, 0) is 9.47 Å². The van der Waals surface area contributed by atoms with Gasteiger partial charge in [0.05, 0.1) is 32.1 Å². The molecule has 0 bridgehead atoms. The second-order valence-electron chi connectivity index (χ2n) is 4.40. The molecule has 0 saturated carbocycles. The van der Waals surface area contributed by atoms with E-state index < -0.39 is 5.97 Å². The summed E-state index contributed by atoms with van der Waals surface area (Å²) in [5.74, 6) is 0.389. The van der Waals surface area contributed by atoms with Gasteiger partial charge >= 0.3 is 5.97 Å². The average Bonchev–Trinajstić information content (AvgIpc) is 2.50. The normalized spacial score (nSPS) is 10.2. The Morgan fingerprint density at radius 1 is 1.10 bits per heavy atom. The van der Waals surface area contributed by atoms with E-state index in [1.54, 1.807) is 0 Å². The Bertz CT molecular complexity index is 462. The monoisotopic (exact) mass is 297 g/mol. The molecule has 0 aliphatic rings. The maximum Gasteiger partial charge on any atom is 0.340 e. The fourth-order valence-electron chi connectivity index (χ4n) is 1.69. The van der Waals surface area contributed by atoms with Crippen LogP contribution in [0.15, 0.2) is 12.1 Å². The first-order valence-corrected chi connectivity index (χ1v) is 6.90. The molecule has 1 rings (SSSR count). The van der Waals surface area contributed by atoms with Gasteiger partial charge in [0, 0.05) is 18.7 Å². The fourth-order valence-corrected chi connectivity index (χ4v) is 1.69. The van der Waals surface area contributed by atoms with Gasteiger partial charge in [-0.3, -0.25) is 0 Å². The minimum absolute atomic E-state index is 0.191. The zero-order chi connectivity index (χ0) is 15.7. The second kappa shape index (κ2) is 9.07. The summed E-state index contributed by atoms with van der Waals surface area (Å²) in [5, 5.41) is 0. The predicted octanol–water partition coefficient (Wildman–Crippen LogP) is 2.26. The molecule has 0 radical (unpaired) electrons. The fraction of sp³-hybridized carbons (Fsp3) is 0.533. The highest BCUT2D eigenvalue weighted by atomic mass is 16.6. The molecule has 118 valence electrons. The number of hydrogen-bond donors (Lipinski definition) is 1. The van der Waals surface area contributed by atoms with Crippen molar-refractivity contribution in [2.75, 3.05) is 39.8 Å².